The number of carbonyl (C=O) groups is 3. The largest absolute Gasteiger partial charge is 0.478 e. The molecule has 1 fully saturated rings. The standard InChI is InChI=1S/C28H30N6O4S/c1-17-22(13-20(14-30-17)24(35)29-9-11-33-10-5-8-28(33,2)3)32-25(36)21-15-31-34-16-23(39-26(21)34)18-6-4-7-19(12-18)27(37)38/h4,6-7,12-16H,5,8-11H2,1-3H3,(H,29,35)(H,32,36)(H,37,38). The van der Waals surface area contributed by atoms with Gasteiger partial charge in [-0.3, -0.25) is 19.5 Å². The van der Waals surface area contributed by atoms with Gasteiger partial charge < -0.3 is 15.7 Å². The lowest BCUT2D eigenvalue weighted by molar-refractivity contribution is 0.0696. The third kappa shape index (κ3) is 5.55. The molecule has 10 nitrogen and oxygen atoms in total. The first kappa shape index (κ1) is 26.5. The van der Waals surface area contributed by atoms with Crippen LogP contribution in [0.4, 0.5) is 5.69 Å². The van der Waals surface area contributed by atoms with Crippen molar-refractivity contribution in [2.75, 3.05) is 25.0 Å². The molecule has 11 heteroatoms. The number of fused-ring (bicyclic) bond motifs is 1. The van der Waals surface area contributed by atoms with Crippen LogP contribution in [0.15, 0.2) is 48.9 Å². The molecule has 1 aliphatic heterocycles. The second-order valence-corrected chi connectivity index (χ2v) is 11.3. The number of aromatic nitrogens is 3. The molecule has 0 aliphatic carbocycles. The number of carbonyl (C=O) groups excluding carboxylic acids is 2. The van der Waals surface area contributed by atoms with Gasteiger partial charge in [-0.1, -0.05) is 12.1 Å². The summed E-state index contributed by atoms with van der Waals surface area (Å²) in [7, 11) is 0. The molecule has 5 rings (SSSR count). The molecule has 1 aromatic carbocycles. The van der Waals surface area contributed by atoms with E-state index in [1.165, 1.54) is 36.2 Å². The number of thiazole rings is 1. The lowest BCUT2D eigenvalue weighted by Gasteiger charge is -2.31. The van der Waals surface area contributed by atoms with Crippen LogP contribution in [0.3, 0.4) is 0 Å². The third-order valence-electron chi connectivity index (χ3n) is 7.17. The maximum atomic E-state index is 13.2. The number of amides is 2. The van der Waals surface area contributed by atoms with Gasteiger partial charge in [-0.15, -0.1) is 11.3 Å². The fourth-order valence-corrected chi connectivity index (χ4v) is 5.89. The van der Waals surface area contributed by atoms with Crippen LogP contribution >= 0.6 is 11.3 Å². The van der Waals surface area contributed by atoms with E-state index in [4.69, 9.17) is 0 Å². The first-order valence-corrected chi connectivity index (χ1v) is 13.6. The Labute approximate surface area is 229 Å². The number of anilines is 1. The number of likely N-dealkylation sites (tertiary alicyclic amines) is 1. The van der Waals surface area contributed by atoms with Crippen molar-refractivity contribution in [2.45, 2.75) is 39.2 Å². The molecule has 4 aromatic rings. The van der Waals surface area contributed by atoms with E-state index in [0.717, 1.165) is 30.0 Å². The predicted molar refractivity (Wildman–Crippen MR) is 150 cm³/mol. The fraction of sp³-hybridized carbons (Fsp3) is 0.321. The van der Waals surface area contributed by atoms with Gasteiger partial charge in [0.25, 0.3) is 11.8 Å². The van der Waals surface area contributed by atoms with Crippen molar-refractivity contribution in [1.29, 1.82) is 0 Å². The Morgan fingerprint density at radius 2 is 1.95 bits per heavy atom. The number of rotatable bonds is 8. The Kier molecular flexibility index (Phi) is 7.19. The van der Waals surface area contributed by atoms with Gasteiger partial charge in [0, 0.05) is 31.0 Å². The van der Waals surface area contributed by atoms with Crippen LogP contribution in [0.2, 0.25) is 0 Å². The first-order valence-electron chi connectivity index (χ1n) is 12.7. The average Bonchev–Trinajstić information content (AvgIpc) is 3.59. The van der Waals surface area contributed by atoms with Crippen LogP contribution in [-0.2, 0) is 0 Å². The minimum Gasteiger partial charge on any atom is -0.478 e. The number of nitrogens with one attached hydrogen (secondary N) is 2. The summed E-state index contributed by atoms with van der Waals surface area (Å²) in [6.07, 6.45) is 7.08. The lowest BCUT2D eigenvalue weighted by atomic mass is 10.0. The Morgan fingerprint density at radius 1 is 1.13 bits per heavy atom. The van der Waals surface area contributed by atoms with Gasteiger partial charge in [-0.2, -0.15) is 5.10 Å². The van der Waals surface area contributed by atoms with E-state index in [1.807, 2.05) is 6.07 Å². The van der Waals surface area contributed by atoms with E-state index in [-0.39, 0.29) is 22.9 Å². The summed E-state index contributed by atoms with van der Waals surface area (Å²) in [6.45, 7) is 8.56. The molecule has 0 radical (unpaired) electrons. The molecular weight excluding hydrogens is 516 g/mol. The fourth-order valence-electron chi connectivity index (χ4n) is 4.84. The van der Waals surface area contributed by atoms with E-state index in [2.05, 4.69) is 39.5 Å². The van der Waals surface area contributed by atoms with Crippen molar-refractivity contribution >= 4 is 39.6 Å². The van der Waals surface area contributed by atoms with Crippen molar-refractivity contribution in [3.05, 3.63) is 71.3 Å². The highest BCUT2D eigenvalue weighted by molar-refractivity contribution is 7.21. The van der Waals surface area contributed by atoms with Crippen molar-refractivity contribution < 1.29 is 19.5 Å². The van der Waals surface area contributed by atoms with Crippen molar-refractivity contribution in [3.8, 4) is 10.4 Å². The van der Waals surface area contributed by atoms with E-state index < -0.39 is 5.97 Å². The van der Waals surface area contributed by atoms with Gasteiger partial charge in [0.05, 0.1) is 39.1 Å². The Morgan fingerprint density at radius 3 is 2.69 bits per heavy atom. The Balaban J connectivity index is 1.29. The van der Waals surface area contributed by atoms with Crippen LogP contribution in [0.5, 0.6) is 0 Å². The molecule has 4 heterocycles. The summed E-state index contributed by atoms with van der Waals surface area (Å²) in [5.74, 6) is -1.63. The average molecular weight is 547 g/mol. The summed E-state index contributed by atoms with van der Waals surface area (Å²) < 4.78 is 1.60. The van der Waals surface area contributed by atoms with Crippen LogP contribution in [0, 0.1) is 6.92 Å². The number of carboxylic acids is 1. The van der Waals surface area contributed by atoms with E-state index in [0.29, 0.717) is 33.9 Å². The molecule has 0 unspecified atom stereocenters. The zero-order valence-electron chi connectivity index (χ0n) is 22.0. The molecule has 0 spiro atoms. The maximum Gasteiger partial charge on any atom is 0.335 e. The topological polar surface area (TPSA) is 129 Å². The molecule has 0 bridgehead atoms. The van der Waals surface area contributed by atoms with Gasteiger partial charge in [-0.05, 0) is 63.9 Å². The SMILES string of the molecule is Cc1ncc(C(=O)NCCN2CCCC2(C)C)cc1NC(=O)c1cnn2cc(-c3cccc(C(=O)O)c3)sc12. The van der Waals surface area contributed by atoms with Crippen LogP contribution < -0.4 is 10.6 Å². The number of hydrogen-bond acceptors (Lipinski definition) is 7. The van der Waals surface area contributed by atoms with Gasteiger partial charge in [0.15, 0.2) is 0 Å². The van der Waals surface area contributed by atoms with Crippen LogP contribution in [-0.4, -0.2) is 67.6 Å². The van der Waals surface area contributed by atoms with Crippen LogP contribution in [0.1, 0.15) is 63.5 Å². The number of aromatic carboxylic acids is 1. The molecular formula is C28H30N6O4S. The lowest BCUT2D eigenvalue weighted by Crippen LogP contribution is -2.43. The Hall–Kier alpha value is -4.09. The van der Waals surface area contributed by atoms with Crippen LogP contribution in [0.25, 0.3) is 15.3 Å². The van der Waals surface area contributed by atoms with E-state index >= 15 is 0 Å². The third-order valence-corrected chi connectivity index (χ3v) is 8.33. The monoisotopic (exact) mass is 546 g/mol. The maximum absolute atomic E-state index is 13.2. The number of carboxylic acid groups (broad SMARTS) is 1. The highest BCUT2D eigenvalue weighted by Crippen LogP contribution is 2.31. The molecule has 2 amide bonds. The van der Waals surface area contributed by atoms with E-state index in [1.54, 1.807) is 35.8 Å². The molecule has 1 saturated heterocycles. The normalized spacial score (nSPS) is 14.9. The molecule has 1 aliphatic rings. The molecule has 202 valence electrons. The molecule has 0 atom stereocenters. The molecule has 3 N–H and O–H groups in total. The van der Waals surface area contributed by atoms with Gasteiger partial charge in [0.2, 0.25) is 0 Å². The van der Waals surface area contributed by atoms with E-state index in [9.17, 15) is 19.5 Å². The minimum absolute atomic E-state index is 0.152. The van der Waals surface area contributed by atoms with Gasteiger partial charge >= 0.3 is 5.97 Å². The molecule has 3 aromatic heterocycles. The number of aryl methyl sites for hydroxylation is 1. The molecule has 39 heavy (non-hydrogen) atoms. The predicted octanol–water partition coefficient (Wildman–Crippen LogP) is 4.32. The summed E-state index contributed by atoms with van der Waals surface area (Å²) in [4.78, 5) is 45.5. The zero-order chi connectivity index (χ0) is 27.7. The second-order valence-electron chi connectivity index (χ2n) is 10.3. The summed E-state index contributed by atoms with van der Waals surface area (Å²) in [6, 6.07) is 8.25. The number of hydrogen-bond donors (Lipinski definition) is 3. The van der Waals surface area contributed by atoms with Gasteiger partial charge in [0.1, 0.15) is 4.83 Å². The molecule has 0 saturated carbocycles. The number of nitrogens with zero attached hydrogens (tertiary/aromatic N) is 4. The van der Waals surface area contributed by atoms with Crippen molar-refractivity contribution in [3.63, 3.8) is 0 Å². The summed E-state index contributed by atoms with van der Waals surface area (Å²) in [5, 5.41) is 19.4. The quantitative estimate of drug-likeness (QED) is 0.300. The van der Waals surface area contributed by atoms with Crippen molar-refractivity contribution in [1.82, 2.24) is 24.8 Å². The second kappa shape index (κ2) is 10.6. The highest BCUT2D eigenvalue weighted by Gasteiger charge is 2.31. The first-order chi connectivity index (χ1) is 18.6. The zero-order valence-corrected chi connectivity index (χ0v) is 22.8. The Bertz CT molecular complexity index is 1570. The van der Waals surface area contributed by atoms with Gasteiger partial charge in [-0.25, -0.2) is 9.31 Å². The minimum atomic E-state index is -1.01. The smallest absolute Gasteiger partial charge is 0.335 e. The summed E-state index contributed by atoms with van der Waals surface area (Å²) >= 11 is 1.34. The number of pyridine rings is 1. The highest BCUT2D eigenvalue weighted by atomic mass is 32.1. The number of benzene rings is 1. The summed E-state index contributed by atoms with van der Waals surface area (Å²) in [5.41, 5.74) is 2.82. The van der Waals surface area contributed by atoms with Crippen molar-refractivity contribution in [2.24, 2.45) is 0 Å².